The molecule has 0 aliphatic carbocycles. The fourth-order valence-electron chi connectivity index (χ4n) is 2.73. The summed E-state index contributed by atoms with van der Waals surface area (Å²) in [6.07, 6.45) is 0.0435. The van der Waals surface area contributed by atoms with Gasteiger partial charge in [-0.2, -0.15) is 0 Å². The highest BCUT2D eigenvalue weighted by Gasteiger charge is 2.14. The highest BCUT2D eigenvalue weighted by molar-refractivity contribution is 7.92. The third kappa shape index (κ3) is 6.53. The number of para-hydroxylation sites is 1. The van der Waals surface area contributed by atoms with Gasteiger partial charge in [-0.25, -0.2) is 8.42 Å². The van der Waals surface area contributed by atoms with Crippen molar-refractivity contribution in [3.63, 3.8) is 0 Å². The van der Waals surface area contributed by atoms with Gasteiger partial charge < -0.3 is 10.1 Å². The molecule has 0 unspecified atom stereocenters. The van der Waals surface area contributed by atoms with Crippen molar-refractivity contribution in [1.29, 1.82) is 0 Å². The van der Waals surface area contributed by atoms with Crippen LogP contribution in [0.15, 0.2) is 83.8 Å². The Bertz CT molecular complexity index is 1180. The standard InChI is InChI=1S/C23H23N3O4S2/c1-16(2)30-20-12-8-17(9-13-20)22(27)25-23(31)24-18-10-14-21(15-11-18)32(28,29)26-19-6-4-3-5-7-19/h3-16,26H,1-2H3,(H2,24,25,27,31). The number of amides is 1. The lowest BCUT2D eigenvalue weighted by molar-refractivity contribution is 0.0977. The van der Waals surface area contributed by atoms with E-state index in [-0.39, 0.29) is 22.0 Å². The van der Waals surface area contributed by atoms with Crippen molar-refractivity contribution < 1.29 is 17.9 Å². The minimum absolute atomic E-state index is 0.0435. The van der Waals surface area contributed by atoms with Gasteiger partial charge in [0.15, 0.2) is 5.11 Å². The molecular weight excluding hydrogens is 446 g/mol. The number of hydrogen-bond donors (Lipinski definition) is 3. The molecule has 0 saturated heterocycles. The molecule has 0 saturated carbocycles. The van der Waals surface area contributed by atoms with Crippen LogP contribution < -0.4 is 20.1 Å². The summed E-state index contributed by atoms with van der Waals surface area (Å²) in [6, 6.07) is 21.4. The molecule has 3 aromatic carbocycles. The zero-order valence-electron chi connectivity index (χ0n) is 17.5. The van der Waals surface area contributed by atoms with Gasteiger partial charge in [0.05, 0.1) is 11.0 Å². The van der Waals surface area contributed by atoms with Gasteiger partial charge in [-0.05, 0) is 86.7 Å². The van der Waals surface area contributed by atoms with Crippen LogP contribution >= 0.6 is 12.2 Å². The van der Waals surface area contributed by atoms with E-state index >= 15 is 0 Å². The first-order valence-corrected chi connectivity index (χ1v) is 11.7. The molecule has 0 heterocycles. The Morgan fingerprint density at radius 3 is 2.09 bits per heavy atom. The minimum Gasteiger partial charge on any atom is -0.491 e. The minimum atomic E-state index is -3.72. The summed E-state index contributed by atoms with van der Waals surface area (Å²) in [7, 11) is -3.72. The SMILES string of the molecule is CC(C)Oc1ccc(C(=O)NC(=S)Nc2ccc(S(=O)(=O)Nc3ccccc3)cc2)cc1. The van der Waals surface area contributed by atoms with Crippen molar-refractivity contribution in [3.05, 3.63) is 84.4 Å². The number of anilines is 2. The van der Waals surface area contributed by atoms with Crippen LogP contribution in [0.2, 0.25) is 0 Å². The van der Waals surface area contributed by atoms with E-state index in [2.05, 4.69) is 15.4 Å². The number of sulfonamides is 1. The van der Waals surface area contributed by atoms with E-state index in [1.165, 1.54) is 12.1 Å². The third-order valence-corrected chi connectivity index (χ3v) is 5.77. The topological polar surface area (TPSA) is 96.5 Å². The second-order valence-electron chi connectivity index (χ2n) is 7.10. The lowest BCUT2D eigenvalue weighted by Gasteiger charge is -2.12. The second kappa shape index (κ2) is 10.3. The van der Waals surface area contributed by atoms with E-state index in [4.69, 9.17) is 17.0 Å². The number of rotatable bonds is 7. The van der Waals surface area contributed by atoms with Crippen molar-refractivity contribution in [2.45, 2.75) is 24.8 Å². The summed E-state index contributed by atoms with van der Waals surface area (Å²) in [4.78, 5) is 12.5. The first-order valence-electron chi connectivity index (χ1n) is 9.80. The summed E-state index contributed by atoms with van der Waals surface area (Å²) < 4.78 is 33.1. The third-order valence-electron chi connectivity index (χ3n) is 4.16. The van der Waals surface area contributed by atoms with Gasteiger partial charge in [-0.15, -0.1) is 0 Å². The maximum absolute atomic E-state index is 12.5. The van der Waals surface area contributed by atoms with E-state index in [0.717, 1.165) is 0 Å². The largest absolute Gasteiger partial charge is 0.491 e. The number of hydrogen-bond acceptors (Lipinski definition) is 5. The van der Waals surface area contributed by atoms with Crippen molar-refractivity contribution in [2.75, 3.05) is 10.0 Å². The van der Waals surface area contributed by atoms with Crippen LogP contribution in [0.4, 0.5) is 11.4 Å². The Hall–Kier alpha value is -3.43. The number of ether oxygens (including phenoxy) is 1. The predicted octanol–water partition coefficient (Wildman–Crippen LogP) is 4.40. The second-order valence-corrected chi connectivity index (χ2v) is 9.19. The van der Waals surface area contributed by atoms with Crippen molar-refractivity contribution in [2.24, 2.45) is 0 Å². The molecule has 0 fully saturated rings. The molecule has 3 rings (SSSR count). The lowest BCUT2D eigenvalue weighted by atomic mass is 10.2. The fourth-order valence-corrected chi connectivity index (χ4v) is 4.00. The molecule has 0 spiro atoms. The van der Waals surface area contributed by atoms with Crippen LogP contribution in [0.25, 0.3) is 0 Å². The summed E-state index contributed by atoms with van der Waals surface area (Å²) >= 11 is 5.19. The van der Waals surface area contributed by atoms with Crippen molar-refractivity contribution >= 4 is 44.6 Å². The van der Waals surface area contributed by atoms with Crippen LogP contribution in [0, 0.1) is 0 Å². The van der Waals surface area contributed by atoms with E-state index < -0.39 is 10.0 Å². The first-order chi connectivity index (χ1) is 15.2. The summed E-state index contributed by atoms with van der Waals surface area (Å²) in [5.41, 5.74) is 1.44. The average molecular weight is 470 g/mol. The van der Waals surface area contributed by atoms with E-state index in [1.807, 2.05) is 13.8 Å². The molecule has 3 N–H and O–H groups in total. The molecule has 7 nitrogen and oxygen atoms in total. The maximum Gasteiger partial charge on any atom is 0.261 e. The van der Waals surface area contributed by atoms with Crippen LogP contribution in [-0.4, -0.2) is 25.5 Å². The number of carbonyl (C=O) groups is 1. The van der Waals surface area contributed by atoms with Gasteiger partial charge in [0.2, 0.25) is 0 Å². The summed E-state index contributed by atoms with van der Waals surface area (Å²) in [5, 5.41) is 5.55. The van der Waals surface area contributed by atoms with Crippen LogP contribution in [-0.2, 0) is 10.0 Å². The quantitative estimate of drug-likeness (QED) is 0.444. The molecule has 0 radical (unpaired) electrons. The Morgan fingerprint density at radius 2 is 1.50 bits per heavy atom. The lowest BCUT2D eigenvalue weighted by Crippen LogP contribution is -2.34. The highest BCUT2D eigenvalue weighted by Crippen LogP contribution is 2.18. The van der Waals surface area contributed by atoms with Gasteiger partial charge in [0.1, 0.15) is 5.75 Å². The smallest absolute Gasteiger partial charge is 0.261 e. The zero-order valence-corrected chi connectivity index (χ0v) is 19.2. The molecule has 3 aromatic rings. The van der Waals surface area contributed by atoms with E-state index in [0.29, 0.717) is 22.7 Å². The van der Waals surface area contributed by atoms with E-state index in [9.17, 15) is 13.2 Å². The number of benzene rings is 3. The molecule has 0 bridgehead atoms. The molecule has 1 amide bonds. The Morgan fingerprint density at radius 1 is 0.875 bits per heavy atom. The van der Waals surface area contributed by atoms with Crippen molar-refractivity contribution in [1.82, 2.24) is 5.32 Å². The molecule has 166 valence electrons. The fraction of sp³-hybridized carbons (Fsp3) is 0.130. The first kappa shape index (κ1) is 23.2. The van der Waals surface area contributed by atoms with Gasteiger partial charge in [0.25, 0.3) is 15.9 Å². The average Bonchev–Trinajstić information content (AvgIpc) is 2.74. The van der Waals surface area contributed by atoms with Crippen LogP contribution in [0.5, 0.6) is 5.75 Å². The molecule has 9 heteroatoms. The van der Waals surface area contributed by atoms with Crippen LogP contribution in [0.1, 0.15) is 24.2 Å². The number of nitrogens with one attached hydrogen (secondary N) is 3. The molecule has 0 aromatic heterocycles. The molecule has 32 heavy (non-hydrogen) atoms. The Labute approximate surface area is 192 Å². The van der Waals surface area contributed by atoms with Gasteiger partial charge in [-0.1, -0.05) is 18.2 Å². The van der Waals surface area contributed by atoms with Gasteiger partial charge in [0, 0.05) is 16.9 Å². The Balaban J connectivity index is 1.58. The predicted molar refractivity (Wildman–Crippen MR) is 130 cm³/mol. The zero-order chi connectivity index (χ0) is 23.1. The summed E-state index contributed by atoms with van der Waals surface area (Å²) in [6.45, 7) is 3.85. The monoisotopic (exact) mass is 469 g/mol. The van der Waals surface area contributed by atoms with Gasteiger partial charge >= 0.3 is 0 Å². The highest BCUT2D eigenvalue weighted by atomic mass is 32.2. The number of thiocarbonyl (C=S) groups is 1. The normalized spacial score (nSPS) is 11.0. The molecule has 0 aliphatic rings. The molecular formula is C23H23N3O4S2. The van der Waals surface area contributed by atoms with Crippen LogP contribution in [0.3, 0.4) is 0 Å². The summed E-state index contributed by atoms with van der Waals surface area (Å²) in [5.74, 6) is 0.305. The molecule has 0 atom stereocenters. The maximum atomic E-state index is 12.5. The van der Waals surface area contributed by atoms with E-state index in [1.54, 1.807) is 66.7 Å². The number of carbonyl (C=O) groups excluding carboxylic acids is 1. The Kier molecular flexibility index (Phi) is 7.45. The molecule has 0 aliphatic heterocycles. The van der Waals surface area contributed by atoms with Gasteiger partial charge in [-0.3, -0.25) is 14.8 Å². The van der Waals surface area contributed by atoms with Crippen molar-refractivity contribution in [3.8, 4) is 5.75 Å².